The normalized spacial score (nSPS) is 23.9. The van der Waals surface area contributed by atoms with Gasteiger partial charge >= 0.3 is 0 Å². The van der Waals surface area contributed by atoms with Crippen molar-refractivity contribution in [2.24, 2.45) is 11.7 Å². The summed E-state index contributed by atoms with van der Waals surface area (Å²) in [5.74, 6) is 0.433. The van der Waals surface area contributed by atoms with Crippen molar-refractivity contribution in [2.45, 2.75) is 44.6 Å². The second-order valence-electron chi connectivity index (χ2n) is 5.86. The second kappa shape index (κ2) is 5.33. The van der Waals surface area contributed by atoms with Gasteiger partial charge in [-0.05, 0) is 55.0 Å². The lowest BCUT2D eigenvalue weighted by molar-refractivity contribution is 0.1000. The average molecular weight is 258 g/mol. The van der Waals surface area contributed by atoms with Gasteiger partial charge in [-0.1, -0.05) is 25.3 Å². The highest BCUT2D eigenvalue weighted by molar-refractivity contribution is 5.93. The van der Waals surface area contributed by atoms with E-state index in [0.29, 0.717) is 11.6 Å². The topological polar surface area (TPSA) is 55.1 Å². The number of carbonyl (C=O) groups is 1. The maximum absolute atomic E-state index is 11.3. The molecule has 1 aromatic rings. The van der Waals surface area contributed by atoms with Crippen molar-refractivity contribution in [3.63, 3.8) is 0 Å². The SMILES string of the molecule is NC(=O)c1ccc2c(c1)CCNC2C1CCCCC1. The molecule has 0 saturated heterocycles. The van der Waals surface area contributed by atoms with Gasteiger partial charge in [0.15, 0.2) is 0 Å². The first-order valence-corrected chi connectivity index (χ1v) is 7.42. The Kier molecular flexibility index (Phi) is 3.56. The Morgan fingerprint density at radius 3 is 2.74 bits per heavy atom. The molecular formula is C16H22N2O. The van der Waals surface area contributed by atoms with E-state index in [4.69, 9.17) is 5.73 Å². The van der Waals surface area contributed by atoms with Gasteiger partial charge in [-0.2, -0.15) is 0 Å². The van der Waals surface area contributed by atoms with Crippen molar-refractivity contribution in [3.05, 3.63) is 34.9 Å². The van der Waals surface area contributed by atoms with Crippen molar-refractivity contribution < 1.29 is 4.79 Å². The lowest BCUT2D eigenvalue weighted by atomic mass is 9.78. The zero-order chi connectivity index (χ0) is 13.2. The van der Waals surface area contributed by atoms with E-state index in [0.717, 1.165) is 18.9 Å². The Morgan fingerprint density at radius 2 is 2.00 bits per heavy atom. The smallest absolute Gasteiger partial charge is 0.248 e. The summed E-state index contributed by atoms with van der Waals surface area (Å²) in [6.45, 7) is 1.01. The molecule has 1 unspecified atom stereocenters. The fourth-order valence-corrected chi connectivity index (χ4v) is 3.64. The van der Waals surface area contributed by atoms with Crippen molar-refractivity contribution in [3.8, 4) is 0 Å². The van der Waals surface area contributed by atoms with Gasteiger partial charge < -0.3 is 11.1 Å². The molecule has 19 heavy (non-hydrogen) atoms. The van der Waals surface area contributed by atoms with Crippen LogP contribution in [0, 0.1) is 5.92 Å². The van der Waals surface area contributed by atoms with Crippen LogP contribution in [0.15, 0.2) is 18.2 Å². The van der Waals surface area contributed by atoms with Crippen LogP contribution in [-0.2, 0) is 6.42 Å². The third kappa shape index (κ3) is 2.52. The number of fused-ring (bicyclic) bond motifs is 1. The number of carbonyl (C=O) groups excluding carboxylic acids is 1. The molecule has 3 N–H and O–H groups in total. The van der Waals surface area contributed by atoms with E-state index >= 15 is 0 Å². The first-order valence-electron chi connectivity index (χ1n) is 7.42. The van der Waals surface area contributed by atoms with Gasteiger partial charge in [0.2, 0.25) is 5.91 Å². The third-order valence-electron chi connectivity index (χ3n) is 4.64. The molecule has 0 radical (unpaired) electrons. The maximum atomic E-state index is 11.3. The molecule has 1 amide bonds. The molecule has 1 aliphatic carbocycles. The standard InChI is InChI=1S/C16H22N2O/c17-16(19)13-6-7-14-12(10-13)8-9-18-15(14)11-4-2-1-3-5-11/h6-7,10-11,15,18H,1-5,8-9H2,(H2,17,19). The molecule has 0 spiro atoms. The highest BCUT2D eigenvalue weighted by Gasteiger charge is 2.28. The van der Waals surface area contributed by atoms with Crippen LogP contribution in [-0.4, -0.2) is 12.5 Å². The monoisotopic (exact) mass is 258 g/mol. The van der Waals surface area contributed by atoms with Gasteiger partial charge in [0.25, 0.3) is 0 Å². The summed E-state index contributed by atoms with van der Waals surface area (Å²) in [6, 6.07) is 6.46. The molecule has 2 aliphatic rings. The largest absolute Gasteiger partial charge is 0.366 e. The van der Waals surface area contributed by atoms with E-state index in [9.17, 15) is 4.79 Å². The van der Waals surface area contributed by atoms with Crippen molar-refractivity contribution in [1.29, 1.82) is 0 Å². The van der Waals surface area contributed by atoms with Gasteiger partial charge in [-0.3, -0.25) is 4.79 Å². The Bertz CT molecular complexity index is 478. The van der Waals surface area contributed by atoms with Crippen LogP contribution >= 0.6 is 0 Å². The van der Waals surface area contributed by atoms with Crippen LogP contribution in [0.1, 0.15) is 59.6 Å². The number of nitrogens with one attached hydrogen (secondary N) is 1. The molecule has 1 atom stereocenters. The summed E-state index contributed by atoms with van der Waals surface area (Å²) >= 11 is 0. The number of primary amides is 1. The number of nitrogens with two attached hydrogens (primary N) is 1. The van der Waals surface area contributed by atoms with E-state index < -0.39 is 0 Å². The van der Waals surface area contributed by atoms with Gasteiger partial charge in [0.1, 0.15) is 0 Å². The molecule has 0 aromatic heterocycles. The predicted octanol–water partition coefficient (Wildman–Crippen LogP) is 2.55. The summed E-state index contributed by atoms with van der Waals surface area (Å²) in [4.78, 5) is 11.3. The van der Waals surface area contributed by atoms with Gasteiger partial charge in [-0.25, -0.2) is 0 Å². The van der Waals surface area contributed by atoms with E-state index in [2.05, 4.69) is 11.4 Å². The van der Waals surface area contributed by atoms with E-state index in [1.807, 2.05) is 12.1 Å². The zero-order valence-electron chi connectivity index (χ0n) is 11.3. The van der Waals surface area contributed by atoms with Gasteiger partial charge in [-0.15, -0.1) is 0 Å². The number of amides is 1. The highest BCUT2D eigenvalue weighted by Crippen LogP contribution is 2.37. The summed E-state index contributed by atoms with van der Waals surface area (Å²) in [5.41, 5.74) is 8.71. The molecule has 1 saturated carbocycles. The van der Waals surface area contributed by atoms with Crippen LogP contribution in [0.4, 0.5) is 0 Å². The Hall–Kier alpha value is -1.35. The van der Waals surface area contributed by atoms with Crippen molar-refractivity contribution >= 4 is 5.91 Å². The van der Waals surface area contributed by atoms with Crippen molar-refractivity contribution in [2.75, 3.05) is 6.54 Å². The molecule has 102 valence electrons. The minimum atomic E-state index is -0.324. The Morgan fingerprint density at radius 1 is 1.21 bits per heavy atom. The molecule has 1 aromatic carbocycles. The highest BCUT2D eigenvalue weighted by atomic mass is 16.1. The van der Waals surface area contributed by atoms with E-state index in [-0.39, 0.29) is 5.91 Å². The fraction of sp³-hybridized carbons (Fsp3) is 0.562. The minimum Gasteiger partial charge on any atom is -0.366 e. The number of hydrogen-bond acceptors (Lipinski definition) is 2. The molecule has 0 bridgehead atoms. The lowest BCUT2D eigenvalue weighted by Crippen LogP contribution is -2.35. The number of benzene rings is 1. The Balaban J connectivity index is 1.89. The molecule has 3 nitrogen and oxygen atoms in total. The van der Waals surface area contributed by atoms with E-state index in [1.165, 1.54) is 43.2 Å². The van der Waals surface area contributed by atoms with E-state index in [1.54, 1.807) is 0 Å². The fourth-order valence-electron chi connectivity index (χ4n) is 3.64. The summed E-state index contributed by atoms with van der Waals surface area (Å²) in [7, 11) is 0. The number of hydrogen-bond donors (Lipinski definition) is 2. The minimum absolute atomic E-state index is 0.324. The Labute approximate surface area is 114 Å². The number of rotatable bonds is 2. The van der Waals surface area contributed by atoms with Crippen LogP contribution in [0.2, 0.25) is 0 Å². The summed E-state index contributed by atoms with van der Waals surface area (Å²) in [6.07, 6.45) is 7.76. The van der Waals surface area contributed by atoms with Crippen molar-refractivity contribution in [1.82, 2.24) is 5.32 Å². The third-order valence-corrected chi connectivity index (χ3v) is 4.64. The molecule has 1 fully saturated rings. The van der Waals surface area contributed by atoms with Gasteiger partial charge in [0.05, 0.1) is 0 Å². The zero-order valence-corrected chi connectivity index (χ0v) is 11.3. The molecule has 3 heteroatoms. The average Bonchev–Trinajstić information content (AvgIpc) is 2.47. The predicted molar refractivity (Wildman–Crippen MR) is 76.0 cm³/mol. The molecule has 1 heterocycles. The van der Waals surface area contributed by atoms with Crippen LogP contribution in [0.3, 0.4) is 0 Å². The van der Waals surface area contributed by atoms with Crippen LogP contribution in [0.25, 0.3) is 0 Å². The first-order chi connectivity index (χ1) is 9.25. The van der Waals surface area contributed by atoms with Crippen LogP contribution in [0.5, 0.6) is 0 Å². The van der Waals surface area contributed by atoms with Crippen LogP contribution < -0.4 is 11.1 Å². The molecule has 1 aliphatic heterocycles. The maximum Gasteiger partial charge on any atom is 0.248 e. The molecular weight excluding hydrogens is 236 g/mol. The summed E-state index contributed by atoms with van der Waals surface area (Å²) in [5, 5.41) is 3.68. The first kappa shape index (κ1) is 12.7. The quantitative estimate of drug-likeness (QED) is 0.856. The second-order valence-corrected chi connectivity index (χ2v) is 5.86. The lowest BCUT2D eigenvalue weighted by Gasteiger charge is -2.35. The summed E-state index contributed by atoms with van der Waals surface area (Å²) < 4.78 is 0. The molecule has 3 rings (SSSR count). The van der Waals surface area contributed by atoms with Gasteiger partial charge in [0, 0.05) is 11.6 Å².